The molecular formula is C13H15N3O4. The first kappa shape index (κ1) is 14.0. The maximum atomic E-state index is 11.8. The zero-order valence-corrected chi connectivity index (χ0v) is 10.7. The van der Waals surface area contributed by atoms with Crippen molar-refractivity contribution in [2.24, 2.45) is 0 Å². The molecule has 0 aromatic heterocycles. The first-order valence-corrected chi connectivity index (χ1v) is 6.20. The molecule has 7 nitrogen and oxygen atoms in total. The molecule has 0 saturated carbocycles. The number of anilines is 1. The molecule has 20 heavy (non-hydrogen) atoms. The van der Waals surface area contributed by atoms with Crippen molar-refractivity contribution in [1.29, 1.82) is 0 Å². The molecule has 0 spiro atoms. The standard InChI is InChI=1S/C13H15N3O4/c17-11(7-10-12(18)15-6-5-14-10)16-9-3-1-8(2-4-9)13(19)20/h1-4,10,14H,5-7H2,(H,15,18)(H,16,17)(H,19,20)/t10-/m0/s1. The molecule has 7 heteroatoms. The molecule has 0 aliphatic carbocycles. The van der Waals surface area contributed by atoms with Gasteiger partial charge < -0.3 is 21.1 Å². The van der Waals surface area contributed by atoms with Gasteiger partial charge in [0.2, 0.25) is 11.8 Å². The smallest absolute Gasteiger partial charge is 0.335 e. The molecule has 1 heterocycles. The number of amides is 2. The third-order valence-corrected chi connectivity index (χ3v) is 2.94. The van der Waals surface area contributed by atoms with Gasteiger partial charge in [-0.25, -0.2) is 4.79 Å². The third-order valence-electron chi connectivity index (χ3n) is 2.94. The van der Waals surface area contributed by atoms with Gasteiger partial charge >= 0.3 is 5.97 Å². The lowest BCUT2D eigenvalue weighted by atomic mass is 10.1. The highest BCUT2D eigenvalue weighted by molar-refractivity contribution is 5.96. The van der Waals surface area contributed by atoms with Crippen molar-refractivity contribution >= 4 is 23.5 Å². The van der Waals surface area contributed by atoms with Crippen LogP contribution >= 0.6 is 0 Å². The van der Waals surface area contributed by atoms with Gasteiger partial charge in [-0.1, -0.05) is 0 Å². The Balaban J connectivity index is 1.90. The SMILES string of the molecule is O=C(C[C@@H]1NCCNC1=O)Nc1ccc(C(=O)O)cc1. The first-order valence-electron chi connectivity index (χ1n) is 6.20. The quantitative estimate of drug-likeness (QED) is 0.609. The number of nitrogens with one attached hydrogen (secondary N) is 3. The van der Waals surface area contributed by atoms with E-state index in [9.17, 15) is 14.4 Å². The molecule has 4 N–H and O–H groups in total. The molecule has 1 atom stereocenters. The van der Waals surface area contributed by atoms with Gasteiger partial charge in [0.25, 0.3) is 0 Å². The Morgan fingerprint density at radius 3 is 2.55 bits per heavy atom. The van der Waals surface area contributed by atoms with Gasteiger partial charge in [0.05, 0.1) is 18.0 Å². The highest BCUT2D eigenvalue weighted by Crippen LogP contribution is 2.10. The molecule has 0 radical (unpaired) electrons. The highest BCUT2D eigenvalue weighted by atomic mass is 16.4. The zero-order valence-electron chi connectivity index (χ0n) is 10.7. The van der Waals surface area contributed by atoms with E-state index < -0.39 is 12.0 Å². The van der Waals surface area contributed by atoms with Gasteiger partial charge in [-0.15, -0.1) is 0 Å². The summed E-state index contributed by atoms with van der Waals surface area (Å²) in [4.78, 5) is 34.0. The zero-order chi connectivity index (χ0) is 14.5. The molecule has 2 rings (SSSR count). The number of aromatic carboxylic acids is 1. The average Bonchev–Trinajstić information content (AvgIpc) is 2.42. The van der Waals surface area contributed by atoms with Crippen LogP contribution in [-0.2, 0) is 9.59 Å². The van der Waals surface area contributed by atoms with Crippen LogP contribution in [0.1, 0.15) is 16.8 Å². The van der Waals surface area contributed by atoms with Crippen LogP contribution in [0.25, 0.3) is 0 Å². The van der Waals surface area contributed by atoms with Crippen LogP contribution in [0.5, 0.6) is 0 Å². The van der Waals surface area contributed by atoms with E-state index in [4.69, 9.17) is 5.11 Å². The fraction of sp³-hybridized carbons (Fsp3) is 0.308. The van der Waals surface area contributed by atoms with E-state index in [1.165, 1.54) is 24.3 Å². The van der Waals surface area contributed by atoms with E-state index in [0.717, 1.165) is 0 Å². The lowest BCUT2D eigenvalue weighted by molar-refractivity contribution is -0.127. The number of hydrogen-bond donors (Lipinski definition) is 4. The summed E-state index contributed by atoms with van der Waals surface area (Å²) in [7, 11) is 0. The predicted octanol–water partition coefficient (Wildman–Crippen LogP) is -0.199. The number of piperazine rings is 1. The Labute approximate surface area is 115 Å². The molecule has 1 saturated heterocycles. The molecule has 0 bridgehead atoms. The van der Waals surface area contributed by atoms with Gasteiger partial charge in [-0.3, -0.25) is 9.59 Å². The molecule has 1 aliphatic rings. The van der Waals surface area contributed by atoms with Crippen LogP contribution in [0.2, 0.25) is 0 Å². The lowest BCUT2D eigenvalue weighted by Gasteiger charge is -2.22. The average molecular weight is 277 g/mol. The minimum Gasteiger partial charge on any atom is -0.478 e. The lowest BCUT2D eigenvalue weighted by Crippen LogP contribution is -2.53. The Morgan fingerprint density at radius 2 is 1.95 bits per heavy atom. The molecule has 1 aromatic carbocycles. The topological polar surface area (TPSA) is 108 Å². The summed E-state index contributed by atoms with van der Waals surface area (Å²) in [5.74, 6) is -1.51. The van der Waals surface area contributed by atoms with Crippen molar-refractivity contribution in [2.75, 3.05) is 18.4 Å². The second-order valence-corrected chi connectivity index (χ2v) is 4.43. The third kappa shape index (κ3) is 3.55. The number of hydrogen-bond acceptors (Lipinski definition) is 4. The van der Waals surface area contributed by atoms with Crippen LogP contribution in [0.3, 0.4) is 0 Å². The Bertz CT molecular complexity index is 527. The number of carbonyl (C=O) groups excluding carboxylic acids is 2. The van der Waals surface area contributed by atoms with Crippen LogP contribution in [0, 0.1) is 0 Å². The van der Waals surface area contributed by atoms with Crippen LogP contribution in [0.4, 0.5) is 5.69 Å². The summed E-state index contributed by atoms with van der Waals surface area (Å²) >= 11 is 0. The van der Waals surface area contributed by atoms with Crippen molar-refractivity contribution in [3.8, 4) is 0 Å². The molecule has 1 aliphatic heterocycles. The highest BCUT2D eigenvalue weighted by Gasteiger charge is 2.23. The molecule has 1 aromatic rings. The van der Waals surface area contributed by atoms with Crippen LogP contribution in [-0.4, -0.2) is 42.0 Å². The number of benzene rings is 1. The predicted molar refractivity (Wildman–Crippen MR) is 71.4 cm³/mol. The van der Waals surface area contributed by atoms with E-state index in [2.05, 4.69) is 16.0 Å². The maximum Gasteiger partial charge on any atom is 0.335 e. The van der Waals surface area contributed by atoms with Gasteiger partial charge in [-0.2, -0.15) is 0 Å². The Hall–Kier alpha value is -2.41. The monoisotopic (exact) mass is 277 g/mol. The summed E-state index contributed by atoms with van der Waals surface area (Å²) in [5.41, 5.74) is 0.646. The van der Waals surface area contributed by atoms with Gasteiger partial charge in [0, 0.05) is 18.8 Å². The molecule has 106 valence electrons. The Kier molecular flexibility index (Phi) is 4.31. The summed E-state index contributed by atoms with van der Waals surface area (Å²) < 4.78 is 0. The van der Waals surface area contributed by atoms with Crippen molar-refractivity contribution < 1.29 is 19.5 Å². The van der Waals surface area contributed by atoms with E-state index in [0.29, 0.717) is 18.8 Å². The summed E-state index contributed by atoms with van der Waals surface area (Å²) in [6.45, 7) is 1.20. The minimum atomic E-state index is -1.02. The van der Waals surface area contributed by atoms with Gasteiger partial charge in [-0.05, 0) is 24.3 Å². The summed E-state index contributed by atoms with van der Waals surface area (Å²) in [6.07, 6.45) is 0.0342. The normalized spacial score (nSPS) is 18.2. The van der Waals surface area contributed by atoms with Crippen molar-refractivity contribution in [1.82, 2.24) is 10.6 Å². The molecule has 0 unspecified atom stereocenters. The number of carboxylic acids is 1. The molecule has 1 fully saturated rings. The summed E-state index contributed by atoms with van der Waals surface area (Å²) in [5, 5.41) is 17.0. The van der Waals surface area contributed by atoms with E-state index >= 15 is 0 Å². The van der Waals surface area contributed by atoms with Gasteiger partial charge in [0.15, 0.2) is 0 Å². The number of carbonyl (C=O) groups is 3. The van der Waals surface area contributed by atoms with Crippen LogP contribution in [0.15, 0.2) is 24.3 Å². The first-order chi connectivity index (χ1) is 9.56. The molecular weight excluding hydrogens is 262 g/mol. The van der Waals surface area contributed by atoms with E-state index in [1.807, 2.05) is 0 Å². The van der Waals surface area contributed by atoms with Crippen molar-refractivity contribution in [3.05, 3.63) is 29.8 Å². The second-order valence-electron chi connectivity index (χ2n) is 4.43. The fourth-order valence-electron chi connectivity index (χ4n) is 1.91. The van der Waals surface area contributed by atoms with Gasteiger partial charge in [0.1, 0.15) is 0 Å². The van der Waals surface area contributed by atoms with Crippen molar-refractivity contribution in [3.63, 3.8) is 0 Å². The Morgan fingerprint density at radius 1 is 1.25 bits per heavy atom. The minimum absolute atomic E-state index is 0.0342. The maximum absolute atomic E-state index is 11.8. The van der Waals surface area contributed by atoms with Crippen molar-refractivity contribution in [2.45, 2.75) is 12.5 Å². The number of carboxylic acid groups (broad SMARTS) is 1. The molecule has 2 amide bonds. The summed E-state index contributed by atoms with van der Waals surface area (Å²) in [6, 6.07) is 5.31. The fourth-order valence-corrected chi connectivity index (χ4v) is 1.91. The number of rotatable bonds is 4. The van der Waals surface area contributed by atoms with Crippen LogP contribution < -0.4 is 16.0 Å². The second kappa shape index (κ2) is 6.16. The largest absolute Gasteiger partial charge is 0.478 e. The van der Waals surface area contributed by atoms with E-state index in [1.54, 1.807) is 0 Å². The van der Waals surface area contributed by atoms with E-state index in [-0.39, 0.29) is 23.8 Å².